The zero-order valence-corrected chi connectivity index (χ0v) is 20.4. The van der Waals surface area contributed by atoms with Crippen LogP contribution >= 0.6 is 0 Å². The van der Waals surface area contributed by atoms with Gasteiger partial charge < -0.3 is 86.5 Å². The zero-order chi connectivity index (χ0) is 28.5. The van der Waals surface area contributed by atoms with Gasteiger partial charge in [-0.05, 0) is 0 Å². The van der Waals surface area contributed by atoms with Gasteiger partial charge in [-0.2, -0.15) is 0 Å². The molecule has 3 fully saturated rings. The van der Waals surface area contributed by atoms with E-state index in [0.29, 0.717) is 0 Å². The van der Waals surface area contributed by atoms with Gasteiger partial charge in [0.2, 0.25) is 0 Å². The maximum atomic E-state index is 11.5. The maximum absolute atomic E-state index is 11.5. The molecule has 0 radical (unpaired) electrons. The monoisotopic (exact) mass is 559 g/mol. The summed E-state index contributed by atoms with van der Waals surface area (Å²) in [5.41, 5.74) is 17.7. The summed E-state index contributed by atoms with van der Waals surface area (Å²) in [7, 11) is 0. The Labute approximate surface area is 216 Å². The lowest BCUT2D eigenvalue weighted by Crippen LogP contribution is -2.72. The molecule has 18 heteroatoms. The SMILES string of the molecule is CC(=O)O[C@@]1(CO)O[C@H](OC2[C@@H](CO)O[C@@H](OC3[C@@H](CO)O[C@@H](O)[C@H](N)[C@H]3O)[C@H](N)[C@H]2O)[C@H](N)[C@@H](O)[C@@H]1O. The van der Waals surface area contributed by atoms with Crippen LogP contribution in [-0.4, -0.2) is 158 Å². The van der Waals surface area contributed by atoms with Gasteiger partial charge in [-0.1, -0.05) is 0 Å². The number of rotatable bonds is 8. The summed E-state index contributed by atoms with van der Waals surface area (Å²) < 4.78 is 32.4. The third kappa shape index (κ3) is 5.95. The Kier molecular flexibility index (Phi) is 10.4. The summed E-state index contributed by atoms with van der Waals surface area (Å²) in [6.45, 7) is -1.62. The third-order valence-corrected chi connectivity index (χ3v) is 6.74. The standard InChI is InChI=1S/C20H37N3O15/c1-5(27)37-20(4-26)16(31)13(30)10(23)19(38-20)36-15-7(3-25)34-18(9(22)12(15)29)35-14-6(2-24)33-17(32)8(21)11(14)28/h6-19,24-26,28-32H,2-4,21-23H2,1H3/t6-,7-,8-,9-,10-,11-,12-,13-,14?,15?,16+,17-,18+,19+,20+/m1/s1. The van der Waals surface area contributed by atoms with E-state index < -0.39 is 117 Å². The van der Waals surface area contributed by atoms with Gasteiger partial charge in [0.15, 0.2) is 18.9 Å². The van der Waals surface area contributed by atoms with Crippen molar-refractivity contribution in [3.8, 4) is 0 Å². The van der Waals surface area contributed by atoms with Crippen molar-refractivity contribution >= 4 is 5.97 Å². The molecule has 38 heavy (non-hydrogen) atoms. The third-order valence-electron chi connectivity index (χ3n) is 6.74. The van der Waals surface area contributed by atoms with Gasteiger partial charge >= 0.3 is 5.97 Å². The molecule has 0 saturated carbocycles. The average molecular weight is 560 g/mol. The molecule has 15 atom stereocenters. The predicted molar refractivity (Wildman–Crippen MR) is 118 cm³/mol. The second kappa shape index (κ2) is 12.6. The Balaban J connectivity index is 1.78. The second-order valence-electron chi connectivity index (χ2n) is 9.37. The van der Waals surface area contributed by atoms with E-state index in [2.05, 4.69) is 0 Å². The quantitative estimate of drug-likeness (QED) is 0.123. The molecule has 0 bridgehead atoms. The van der Waals surface area contributed by atoms with Crippen molar-refractivity contribution in [1.29, 1.82) is 0 Å². The van der Waals surface area contributed by atoms with E-state index in [4.69, 9.17) is 45.6 Å². The summed E-state index contributed by atoms with van der Waals surface area (Å²) in [6, 6.07) is -4.23. The molecule has 3 aliphatic heterocycles. The highest BCUT2D eigenvalue weighted by molar-refractivity contribution is 5.66. The van der Waals surface area contributed by atoms with Crippen LogP contribution in [0.1, 0.15) is 6.92 Å². The molecule has 222 valence electrons. The van der Waals surface area contributed by atoms with E-state index in [1.807, 2.05) is 0 Å². The number of hydrogen-bond donors (Lipinski definition) is 11. The number of esters is 1. The van der Waals surface area contributed by atoms with Crippen LogP contribution in [0.25, 0.3) is 0 Å². The molecule has 0 aromatic rings. The van der Waals surface area contributed by atoms with Gasteiger partial charge in [-0.15, -0.1) is 0 Å². The van der Waals surface area contributed by atoms with Crippen molar-refractivity contribution in [2.45, 2.75) is 98.5 Å². The van der Waals surface area contributed by atoms with E-state index in [9.17, 15) is 45.6 Å². The van der Waals surface area contributed by atoms with Crippen LogP contribution < -0.4 is 17.2 Å². The molecule has 3 saturated heterocycles. The van der Waals surface area contributed by atoms with E-state index in [1.165, 1.54) is 0 Å². The lowest BCUT2D eigenvalue weighted by atomic mass is 9.93. The minimum Gasteiger partial charge on any atom is -0.428 e. The smallest absolute Gasteiger partial charge is 0.305 e. The zero-order valence-electron chi connectivity index (χ0n) is 20.4. The lowest BCUT2D eigenvalue weighted by Gasteiger charge is -2.50. The molecule has 0 aromatic carbocycles. The molecule has 0 aliphatic carbocycles. The van der Waals surface area contributed by atoms with Crippen molar-refractivity contribution < 1.29 is 74.1 Å². The predicted octanol–water partition coefficient (Wildman–Crippen LogP) is -7.78. The fraction of sp³-hybridized carbons (Fsp3) is 0.950. The second-order valence-corrected chi connectivity index (χ2v) is 9.37. The number of aliphatic hydroxyl groups excluding tert-OH is 8. The number of ether oxygens (including phenoxy) is 6. The molecular weight excluding hydrogens is 522 g/mol. The fourth-order valence-electron chi connectivity index (χ4n) is 4.54. The first-order valence-electron chi connectivity index (χ1n) is 11.8. The Morgan fingerprint density at radius 1 is 0.789 bits per heavy atom. The van der Waals surface area contributed by atoms with Gasteiger partial charge in [0.05, 0.1) is 31.3 Å². The number of hydrogen-bond acceptors (Lipinski definition) is 18. The Morgan fingerprint density at radius 2 is 1.29 bits per heavy atom. The average Bonchev–Trinajstić information content (AvgIpc) is 2.89. The van der Waals surface area contributed by atoms with Crippen LogP contribution in [0.4, 0.5) is 0 Å². The molecule has 0 amide bonds. The van der Waals surface area contributed by atoms with Crippen LogP contribution in [0.15, 0.2) is 0 Å². The summed E-state index contributed by atoms with van der Waals surface area (Å²) >= 11 is 0. The molecule has 0 aromatic heterocycles. The first-order valence-corrected chi connectivity index (χ1v) is 11.8. The van der Waals surface area contributed by atoms with Crippen LogP contribution in [0.3, 0.4) is 0 Å². The maximum Gasteiger partial charge on any atom is 0.305 e. The van der Waals surface area contributed by atoms with E-state index in [0.717, 1.165) is 6.92 Å². The molecule has 3 rings (SSSR count). The molecule has 3 heterocycles. The van der Waals surface area contributed by atoms with Crippen molar-refractivity contribution in [3.05, 3.63) is 0 Å². The highest BCUT2D eigenvalue weighted by Gasteiger charge is 2.58. The van der Waals surface area contributed by atoms with Crippen molar-refractivity contribution in [1.82, 2.24) is 0 Å². The normalized spacial score (nSPS) is 50.0. The number of aliphatic hydroxyl groups is 8. The van der Waals surface area contributed by atoms with Crippen molar-refractivity contribution in [3.63, 3.8) is 0 Å². The summed E-state index contributed by atoms with van der Waals surface area (Å²) in [5.74, 6) is -3.44. The highest BCUT2D eigenvalue weighted by atomic mass is 16.8. The Bertz CT molecular complexity index is 795. The van der Waals surface area contributed by atoms with E-state index >= 15 is 0 Å². The van der Waals surface area contributed by atoms with Crippen LogP contribution in [0.2, 0.25) is 0 Å². The summed E-state index contributed by atoms with van der Waals surface area (Å²) in [4.78, 5) is 11.5. The summed E-state index contributed by atoms with van der Waals surface area (Å²) in [6.07, 6.45) is -17.4. The fourth-order valence-corrected chi connectivity index (χ4v) is 4.54. The molecule has 0 spiro atoms. The first kappa shape index (κ1) is 31.4. The molecule has 2 unspecified atom stereocenters. The first-order chi connectivity index (χ1) is 17.8. The largest absolute Gasteiger partial charge is 0.428 e. The lowest BCUT2D eigenvalue weighted by molar-refractivity contribution is -0.399. The number of carbonyl (C=O) groups excluding carboxylic acids is 1. The minimum atomic E-state index is -2.46. The van der Waals surface area contributed by atoms with E-state index in [1.54, 1.807) is 0 Å². The van der Waals surface area contributed by atoms with Crippen LogP contribution in [-0.2, 0) is 33.2 Å². The molecule has 3 aliphatic rings. The van der Waals surface area contributed by atoms with Gasteiger partial charge in [-0.3, -0.25) is 4.79 Å². The molecular formula is C20H37N3O15. The van der Waals surface area contributed by atoms with Gasteiger partial charge in [0.1, 0.15) is 55.4 Å². The Morgan fingerprint density at radius 3 is 1.82 bits per heavy atom. The molecule has 18 nitrogen and oxygen atoms in total. The number of carbonyl (C=O) groups is 1. The Hall–Kier alpha value is -1.17. The summed E-state index contributed by atoms with van der Waals surface area (Å²) in [5, 5.41) is 81.1. The topological polar surface area (TPSA) is 312 Å². The highest BCUT2D eigenvalue weighted by Crippen LogP contribution is 2.34. The van der Waals surface area contributed by atoms with Gasteiger partial charge in [0.25, 0.3) is 5.79 Å². The number of nitrogens with two attached hydrogens (primary N) is 3. The van der Waals surface area contributed by atoms with Crippen molar-refractivity contribution in [2.75, 3.05) is 19.8 Å². The minimum absolute atomic E-state index is 0.689. The van der Waals surface area contributed by atoms with Gasteiger partial charge in [0, 0.05) is 6.92 Å². The van der Waals surface area contributed by atoms with E-state index in [-0.39, 0.29) is 0 Å². The molecule has 14 N–H and O–H groups in total. The van der Waals surface area contributed by atoms with Crippen LogP contribution in [0.5, 0.6) is 0 Å². The van der Waals surface area contributed by atoms with Gasteiger partial charge in [-0.25, -0.2) is 0 Å². The van der Waals surface area contributed by atoms with Crippen molar-refractivity contribution in [2.24, 2.45) is 17.2 Å². The van der Waals surface area contributed by atoms with Crippen LogP contribution in [0, 0.1) is 0 Å².